The molecular formula is C12H17NO3. The highest BCUT2D eigenvalue weighted by atomic mass is 16.5. The maximum atomic E-state index is 10.6. The molecule has 88 valence electrons. The third-order valence-corrected chi connectivity index (χ3v) is 2.24. The topological polar surface area (TPSA) is 58.6 Å². The minimum absolute atomic E-state index is 0.490. The molecule has 0 amide bonds. The Morgan fingerprint density at radius 3 is 2.81 bits per heavy atom. The molecule has 0 bridgehead atoms. The maximum Gasteiger partial charge on any atom is 0.320 e. The predicted octanol–water partition coefficient (Wildman–Crippen LogP) is 1.65. The molecule has 1 aromatic rings. The monoisotopic (exact) mass is 223 g/mol. The minimum atomic E-state index is -0.853. The van der Waals surface area contributed by atoms with Gasteiger partial charge >= 0.3 is 5.97 Å². The van der Waals surface area contributed by atoms with Crippen molar-refractivity contribution in [3.63, 3.8) is 0 Å². The van der Waals surface area contributed by atoms with Crippen LogP contribution in [0.25, 0.3) is 0 Å². The Kier molecular flexibility index (Phi) is 4.79. The number of hydrogen-bond donors (Lipinski definition) is 2. The number of ether oxygens (including phenoxy) is 1. The van der Waals surface area contributed by atoms with E-state index in [-0.39, 0.29) is 0 Å². The molecule has 0 aliphatic rings. The molecule has 2 N–H and O–H groups in total. The fraction of sp³-hybridized carbons (Fsp3) is 0.417. The number of nitrogens with one attached hydrogen (secondary N) is 1. The van der Waals surface area contributed by atoms with E-state index in [4.69, 9.17) is 9.84 Å². The van der Waals surface area contributed by atoms with Crippen LogP contribution in [-0.4, -0.2) is 23.7 Å². The summed E-state index contributed by atoms with van der Waals surface area (Å²) in [7, 11) is 0. The van der Waals surface area contributed by atoms with Crippen LogP contribution < -0.4 is 10.1 Å². The van der Waals surface area contributed by atoms with Gasteiger partial charge in [0.2, 0.25) is 0 Å². The number of carbonyl (C=O) groups is 1. The Morgan fingerprint density at radius 1 is 1.50 bits per heavy atom. The van der Waals surface area contributed by atoms with E-state index in [9.17, 15) is 4.79 Å². The fourth-order valence-corrected chi connectivity index (χ4v) is 1.30. The highest BCUT2D eigenvalue weighted by Crippen LogP contribution is 2.17. The molecule has 0 aliphatic heterocycles. The van der Waals surface area contributed by atoms with Gasteiger partial charge in [-0.1, -0.05) is 18.2 Å². The van der Waals surface area contributed by atoms with Gasteiger partial charge in [0.05, 0.1) is 6.61 Å². The smallest absolute Gasteiger partial charge is 0.320 e. The van der Waals surface area contributed by atoms with Gasteiger partial charge in [-0.25, -0.2) is 0 Å². The average Bonchev–Trinajstić information content (AvgIpc) is 2.27. The Balaban J connectivity index is 2.62. The third kappa shape index (κ3) is 3.55. The summed E-state index contributed by atoms with van der Waals surface area (Å²) in [6.07, 6.45) is 0. The normalized spacial score (nSPS) is 12.1. The average molecular weight is 223 g/mol. The second-order valence-corrected chi connectivity index (χ2v) is 3.48. The minimum Gasteiger partial charge on any atom is -0.494 e. The molecule has 1 atom stereocenters. The molecule has 0 unspecified atom stereocenters. The first-order chi connectivity index (χ1) is 7.65. The molecule has 0 fully saturated rings. The van der Waals surface area contributed by atoms with E-state index in [0.29, 0.717) is 13.2 Å². The van der Waals surface area contributed by atoms with Crippen molar-refractivity contribution >= 4 is 5.97 Å². The van der Waals surface area contributed by atoms with Crippen LogP contribution >= 0.6 is 0 Å². The van der Waals surface area contributed by atoms with Gasteiger partial charge < -0.3 is 15.2 Å². The van der Waals surface area contributed by atoms with Crippen LogP contribution in [-0.2, 0) is 11.3 Å². The molecule has 4 nitrogen and oxygen atoms in total. The summed E-state index contributed by atoms with van der Waals surface area (Å²) in [5.41, 5.74) is 0.970. The first kappa shape index (κ1) is 12.5. The summed E-state index contributed by atoms with van der Waals surface area (Å²) in [5.74, 6) is -0.0519. The van der Waals surface area contributed by atoms with Gasteiger partial charge in [-0.3, -0.25) is 4.79 Å². The van der Waals surface area contributed by atoms with E-state index >= 15 is 0 Å². The Morgan fingerprint density at radius 2 is 2.19 bits per heavy atom. The van der Waals surface area contributed by atoms with Crippen molar-refractivity contribution in [3.05, 3.63) is 29.8 Å². The van der Waals surface area contributed by atoms with Crippen molar-refractivity contribution in [2.24, 2.45) is 0 Å². The molecule has 4 heteroatoms. The van der Waals surface area contributed by atoms with Crippen LogP contribution in [0, 0.1) is 0 Å². The zero-order chi connectivity index (χ0) is 12.0. The molecule has 0 radical (unpaired) electrons. The highest BCUT2D eigenvalue weighted by molar-refractivity contribution is 5.72. The van der Waals surface area contributed by atoms with Crippen molar-refractivity contribution in [1.82, 2.24) is 5.32 Å². The van der Waals surface area contributed by atoms with Crippen LogP contribution in [0.1, 0.15) is 19.4 Å². The van der Waals surface area contributed by atoms with Crippen molar-refractivity contribution in [2.75, 3.05) is 6.61 Å². The summed E-state index contributed by atoms with van der Waals surface area (Å²) < 4.78 is 5.44. The number of hydrogen-bond acceptors (Lipinski definition) is 3. The van der Waals surface area contributed by atoms with Gasteiger partial charge in [0, 0.05) is 12.1 Å². The van der Waals surface area contributed by atoms with E-state index in [1.165, 1.54) is 0 Å². The highest BCUT2D eigenvalue weighted by Gasteiger charge is 2.10. The van der Waals surface area contributed by atoms with E-state index in [2.05, 4.69) is 5.32 Å². The quantitative estimate of drug-likeness (QED) is 0.769. The van der Waals surface area contributed by atoms with Crippen LogP contribution in [0.5, 0.6) is 5.75 Å². The lowest BCUT2D eigenvalue weighted by molar-refractivity contribution is -0.139. The number of para-hydroxylation sites is 1. The first-order valence-electron chi connectivity index (χ1n) is 5.32. The summed E-state index contributed by atoms with van der Waals surface area (Å²) in [6.45, 7) is 4.63. The van der Waals surface area contributed by atoms with E-state index < -0.39 is 12.0 Å². The van der Waals surface area contributed by atoms with E-state index in [1.54, 1.807) is 6.92 Å². The molecule has 1 rings (SSSR count). The molecule has 1 aromatic carbocycles. The number of rotatable bonds is 6. The van der Waals surface area contributed by atoms with Crippen LogP contribution in [0.4, 0.5) is 0 Å². The van der Waals surface area contributed by atoms with Gasteiger partial charge in [-0.2, -0.15) is 0 Å². The van der Waals surface area contributed by atoms with Crippen LogP contribution in [0.2, 0.25) is 0 Å². The lowest BCUT2D eigenvalue weighted by Gasteiger charge is -2.12. The lowest BCUT2D eigenvalue weighted by Crippen LogP contribution is -2.33. The Labute approximate surface area is 95.2 Å². The fourth-order valence-electron chi connectivity index (χ4n) is 1.30. The van der Waals surface area contributed by atoms with Crippen molar-refractivity contribution < 1.29 is 14.6 Å². The van der Waals surface area contributed by atoms with Gasteiger partial charge in [0.1, 0.15) is 11.8 Å². The van der Waals surface area contributed by atoms with Gasteiger partial charge in [-0.15, -0.1) is 0 Å². The SMILES string of the molecule is CCOc1ccccc1CN[C@@H](C)C(=O)O. The molecule has 0 aromatic heterocycles. The zero-order valence-electron chi connectivity index (χ0n) is 9.56. The van der Waals surface area contributed by atoms with Crippen LogP contribution in [0.15, 0.2) is 24.3 Å². The standard InChI is InChI=1S/C12H17NO3/c1-3-16-11-7-5-4-6-10(11)8-13-9(2)12(14)15/h4-7,9,13H,3,8H2,1-2H3,(H,14,15)/t9-/m0/s1. The molecule has 0 spiro atoms. The zero-order valence-corrected chi connectivity index (χ0v) is 9.56. The van der Waals surface area contributed by atoms with E-state index in [1.807, 2.05) is 31.2 Å². The van der Waals surface area contributed by atoms with E-state index in [0.717, 1.165) is 11.3 Å². The predicted molar refractivity (Wildman–Crippen MR) is 61.5 cm³/mol. The largest absolute Gasteiger partial charge is 0.494 e. The molecule has 0 heterocycles. The first-order valence-corrected chi connectivity index (χ1v) is 5.32. The summed E-state index contributed by atoms with van der Waals surface area (Å²) in [4.78, 5) is 10.6. The number of carboxylic acids is 1. The second kappa shape index (κ2) is 6.12. The molecule has 0 saturated heterocycles. The number of aliphatic carboxylic acids is 1. The van der Waals surface area contributed by atoms with Crippen molar-refractivity contribution in [1.29, 1.82) is 0 Å². The number of carboxylic acid groups (broad SMARTS) is 1. The lowest BCUT2D eigenvalue weighted by atomic mass is 10.2. The third-order valence-electron chi connectivity index (χ3n) is 2.24. The Hall–Kier alpha value is -1.55. The second-order valence-electron chi connectivity index (χ2n) is 3.48. The molecule has 0 saturated carbocycles. The van der Waals surface area contributed by atoms with Gasteiger partial charge in [0.25, 0.3) is 0 Å². The molecule has 16 heavy (non-hydrogen) atoms. The molecule has 0 aliphatic carbocycles. The number of benzene rings is 1. The summed E-state index contributed by atoms with van der Waals surface area (Å²) >= 11 is 0. The van der Waals surface area contributed by atoms with Crippen molar-refractivity contribution in [3.8, 4) is 5.75 Å². The van der Waals surface area contributed by atoms with Crippen molar-refractivity contribution in [2.45, 2.75) is 26.4 Å². The summed E-state index contributed by atoms with van der Waals surface area (Å²) in [5, 5.41) is 11.7. The summed E-state index contributed by atoms with van der Waals surface area (Å²) in [6, 6.07) is 7.05. The maximum absolute atomic E-state index is 10.6. The Bertz CT molecular complexity index is 352. The molecular weight excluding hydrogens is 206 g/mol. The van der Waals surface area contributed by atoms with Gasteiger partial charge in [0.15, 0.2) is 0 Å². The van der Waals surface area contributed by atoms with Crippen LogP contribution in [0.3, 0.4) is 0 Å². The van der Waals surface area contributed by atoms with Gasteiger partial charge in [-0.05, 0) is 19.9 Å².